The first kappa shape index (κ1) is 14.8. The number of hydrogen-bond donors (Lipinski definition) is 3. The summed E-state index contributed by atoms with van der Waals surface area (Å²) in [5.41, 5.74) is 0.825. The zero-order valence-electron chi connectivity index (χ0n) is 12.1. The minimum absolute atomic E-state index is 0.0402. The molecule has 1 amide bonds. The lowest BCUT2D eigenvalue weighted by Crippen LogP contribution is -2.16. The van der Waals surface area contributed by atoms with Crippen molar-refractivity contribution in [3.05, 3.63) is 47.2 Å². The Morgan fingerprint density at radius 1 is 1.19 bits per heavy atom. The van der Waals surface area contributed by atoms with Gasteiger partial charge in [-0.2, -0.15) is 5.10 Å². The van der Waals surface area contributed by atoms with Crippen LogP contribution in [-0.4, -0.2) is 27.2 Å². The van der Waals surface area contributed by atoms with Crippen LogP contribution in [0.25, 0.3) is 0 Å². The van der Waals surface area contributed by atoms with Gasteiger partial charge >= 0.3 is 5.97 Å². The van der Waals surface area contributed by atoms with Crippen LogP contribution in [-0.2, 0) is 5.41 Å². The molecule has 1 aromatic heterocycles. The van der Waals surface area contributed by atoms with Crippen molar-refractivity contribution in [2.45, 2.75) is 26.2 Å². The van der Waals surface area contributed by atoms with E-state index in [9.17, 15) is 9.59 Å². The van der Waals surface area contributed by atoms with E-state index in [1.165, 1.54) is 12.1 Å². The van der Waals surface area contributed by atoms with Gasteiger partial charge in [0.05, 0.1) is 11.1 Å². The van der Waals surface area contributed by atoms with Crippen LogP contribution in [0.1, 0.15) is 47.2 Å². The summed E-state index contributed by atoms with van der Waals surface area (Å²) in [4.78, 5) is 23.3. The maximum absolute atomic E-state index is 12.2. The number of carboxylic acids is 1. The van der Waals surface area contributed by atoms with Gasteiger partial charge < -0.3 is 10.4 Å². The molecule has 0 atom stereocenters. The van der Waals surface area contributed by atoms with Crippen molar-refractivity contribution in [1.82, 2.24) is 10.2 Å². The first-order valence-electron chi connectivity index (χ1n) is 6.48. The Balaban J connectivity index is 2.23. The second kappa shape index (κ2) is 5.40. The van der Waals surface area contributed by atoms with Gasteiger partial charge in [-0.25, -0.2) is 4.79 Å². The number of benzene rings is 1. The van der Waals surface area contributed by atoms with Crippen LogP contribution in [0.2, 0.25) is 0 Å². The Kier molecular flexibility index (Phi) is 3.80. The van der Waals surface area contributed by atoms with E-state index < -0.39 is 11.9 Å². The standard InChI is InChI=1S/C15H17N3O3/c1-15(2,3)11-8-12(18-17-11)16-13(19)9-6-4-5-7-10(9)14(20)21/h4-8H,1-3H3,(H,20,21)(H2,16,17,18,19). The zero-order chi connectivity index (χ0) is 15.6. The fraction of sp³-hybridized carbons (Fsp3) is 0.267. The molecule has 1 heterocycles. The summed E-state index contributed by atoms with van der Waals surface area (Å²) in [7, 11) is 0. The Labute approximate surface area is 122 Å². The quantitative estimate of drug-likeness (QED) is 0.808. The van der Waals surface area contributed by atoms with Crippen molar-refractivity contribution in [3.63, 3.8) is 0 Å². The topological polar surface area (TPSA) is 95.1 Å². The molecule has 1 aromatic carbocycles. The molecule has 21 heavy (non-hydrogen) atoms. The van der Waals surface area contributed by atoms with Crippen molar-refractivity contribution in [2.75, 3.05) is 5.32 Å². The van der Waals surface area contributed by atoms with Gasteiger partial charge in [-0.3, -0.25) is 9.89 Å². The van der Waals surface area contributed by atoms with Crippen molar-refractivity contribution in [1.29, 1.82) is 0 Å². The molecular weight excluding hydrogens is 270 g/mol. The summed E-state index contributed by atoms with van der Waals surface area (Å²) < 4.78 is 0. The maximum Gasteiger partial charge on any atom is 0.336 e. The minimum Gasteiger partial charge on any atom is -0.478 e. The highest BCUT2D eigenvalue weighted by molar-refractivity contribution is 6.10. The zero-order valence-corrected chi connectivity index (χ0v) is 12.1. The van der Waals surface area contributed by atoms with Crippen LogP contribution in [0.3, 0.4) is 0 Å². The molecular formula is C15H17N3O3. The molecule has 6 nitrogen and oxygen atoms in total. The van der Waals surface area contributed by atoms with E-state index in [-0.39, 0.29) is 16.5 Å². The molecule has 0 fully saturated rings. The Bertz CT molecular complexity index is 683. The van der Waals surface area contributed by atoms with Crippen molar-refractivity contribution < 1.29 is 14.7 Å². The number of carboxylic acid groups (broad SMARTS) is 1. The summed E-state index contributed by atoms with van der Waals surface area (Å²) in [6.07, 6.45) is 0. The van der Waals surface area contributed by atoms with E-state index in [1.807, 2.05) is 20.8 Å². The minimum atomic E-state index is -1.14. The number of carbonyl (C=O) groups excluding carboxylic acids is 1. The lowest BCUT2D eigenvalue weighted by Gasteiger charge is -2.14. The predicted molar refractivity (Wildman–Crippen MR) is 78.6 cm³/mol. The van der Waals surface area contributed by atoms with Gasteiger partial charge in [0.1, 0.15) is 0 Å². The van der Waals surface area contributed by atoms with Crippen LogP contribution in [0.4, 0.5) is 5.82 Å². The highest BCUT2D eigenvalue weighted by atomic mass is 16.4. The molecule has 0 saturated carbocycles. The number of carbonyl (C=O) groups is 2. The Morgan fingerprint density at radius 3 is 2.33 bits per heavy atom. The molecule has 6 heteroatoms. The summed E-state index contributed by atoms with van der Waals surface area (Å²) in [5.74, 6) is -1.27. The molecule has 2 aromatic rings. The third kappa shape index (κ3) is 3.28. The molecule has 0 aliphatic rings. The number of H-pyrrole nitrogens is 1. The van der Waals surface area contributed by atoms with Crippen molar-refractivity contribution >= 4 is 17.7 Å². The Hall–Kier alpha value is -2.63. The fourth-order valence-corrected chi connectivity index (χ4v) is 1.82. The summed E-state index contributed by atoms with van der Waals surface area (Å²) >= 11 is 0. The van der Waals surface area contributed by atoms with E-state index in [2.05, 4.69) is 15.5 Å². The molecule has 0 spiro atoms. The largest absolute Gasteiger partial charge is 0.478 e. The van der Waals surface area contributed by atoms with Crippen LogP contribution >= 0.6 is 0 Å². The van der Waals surface area contributed by atoms with Gasteiger partial charge in [0.25, 0.3) is 5.91 Å². The van der Waals surface area contributed by atoms with Gasteiger partial charge in [0.2, 0.25) is 0 Å². The molecule has 0 radical (unpaired) electrons. The molecule has 2 rings (SSSR count). The van der Waals surface area contributed by atoms with Crippen LogP contribution in [0.15, 0.2) is 30.3 Å². The molecule has 3 N–H and O–H groups in total. The van der Waals surface area contributed by atoms with Crippen molar-refractivity contribution in [2.24, 2.45) is 0 Å². The number of hydrogen-bond acceptors (Lipinski definition) is 3. The number of rotatable bonds is 3. The number of aromatic nitrogens is 2. The molecule has 0 aliphatic heterocycles. The maximum atomic E-state index is 12.2. The number of aromatic amines is 1. The average Bonchev–Trinajstić information content (AvgIpc) is 2.87. The number of nitrogens with zero attached hydrogens (tertiary/aromatic N) is 1. The van der Waals surface area contributed by atoms with Crippen LogP contribution < -0.4 is 5.32 Å². The third-order valence-corrected chi connectivity index (χ3v) is 3.03. The number of amides is 1. The summed E-state index contributed by atoms with van der Waals surface area (Å²) in [5, 5.41) is 18.6. The van der Waals surface area contributed by atoms with E-state index in [0.717, 1.165) is 5.69 Å². The second-order valence-corrected chi connectivity index (χ2v) is 5.72. The highest BCUT2D eigenvalue weighted by Crippen LogP contribution is 2.22. The number of nitrogens with one attached hydrogen (secondary N) is 2. The van der Waals surface area contributed by atoms with Crippen LogP contribution in [0.5, 0.6) is 0 Å². The summed E-state index contributed by atoms with van der Waals surface area (Å²) in [6.45, 7) is 6.06. The van der Waals surface area contributed by atoms with Gasteiger partial charge in [-0.05, 0) is 12.1 Å². The van der Waals surface area contributed by atoms with E-state index in [1.54, 1.807) is 18.2 Å². The van der Waals surface area contributed by atoms with E-state index in [0.29, 0.717) is 5.82 Å². The second-order valence-electron chi connectivity index (χ2n) is 5.72. The lowest BCUT2D eigenvalue weighted by atomic mass is 9.92. The van der Waals surface area contributed by atoms with Gasteiger partial charge in [0, 0.05) is 17.2 Å². The van der Waals surface area contributed by atoms with Crippen molar-refractivity contribution in [3.8, 4) is 0 Å². The van der Waals surface area contributed by atoms with Gasteiger partial charge in [-0.1, -0.05) is 32.9 Å². The molecule has 0 unspecified atom stereocenters. The first-order valence-corrected chi connectivity index (χ1v) is 6.48. The number of aromatic carboxylic acids is 1. The molecule has 0 aliphatic carbocycles. The molecule has 0 bridgehead atoms. The van der Waals surface area contributed by atoms with Gasteiger partial charge in [0.15, 0.2) is 5.82 Å². The van der Waals surface area contributed by atoms with E-state index >= 15 is 0 Å². The number of anilines is 1. The van der Waals surface area contributed by atoms with Crippen LogP contribution in [0, 0.1) is 0 Å². The monoisotopic (exact) mass is 287 g/mol. The van der Waals surface area contributed by atoms with E-state index in [4.69, 9.17) is 5.11 Å². The molecule has 0 saturated heterocycles. The fourth-order valence-electron chi connectivity index (χ4n) is 1.82. The third-order valence-electron chi connectivity index (χ3n) is 3.03. The summed E-state index contributed by atoms with van der Waals surface area (Å²) in [6, 6.07) is 7.79. The SMILES string of the molecule is CC(C)(C)c1cc(NC(=O)c2ccccc2C(=O)O)n[nH]1. The Morgan fingerprint density at radius 2 is 1.81 bits per heavy atom. The smallest absolute Gasteiger partial charge is 0.336 e. The van der Waals surface area contributed by atoms with Gasteiger partial charge in [-0.15, -0.1) is 0 Å². The predicted octanol–water partition coefficient (Wildman–Crippen LogP) is 2.66. The average molecular weight is 287 g/mol. The lowest BCUT2D eigenvalue weighted by molar-refractivity contribution is 0.0692. The normalized spacial score (nSPS) is 11.2. The highest BCUT2D eigenvalue weighted by Gasteiger charge is 2.19. The first-order chi connectivity index (χ1) is 9.79. The molecule has 110 valence electrons.